The number of rotatable bonds is 5. The lowest BCUT2D eigenvalue weighted by atomic mass is 9.81. The molecule has 0 unspecified atom stereocenters. The number of carbonyl (C=O) groups is 1. The second kappa shape index (κ2) is 8.35. The Morgan fingerprint density at radius 3 is 3.00 bits per heavy atom. The number of imidazole rings is 1. The molecule has 0 saturated heterocycles. The molecule has 3 heterocycles. The van der Waals surface area contributed by atoms with E-state index in [0.717, 1.165) is 40.5 Å². The third kappa shape index (κ3) is 3.97. The van der Waals surface area contributed by atoms with Gasteiger partial charge in [-0.1, -0.05) is 12.1 Å². The Hall–Kier alpha value is -3.98. The topological polar surface area (TPSA) is 103 Å². The summed E-state index contributed by atoms with van der Waals surface area (Å²) < 4.78 is 5.58. The SMILES string of the molecule is Cn1nc2ccccc2c1-n1ncc2cc(C(=O)N[C@@H]3CCC[C@](O)(Cn4ccnc4)C3)ccc21. The first-order valence-corrected chi connectivity index (χ1v) is 11.9. The molecule has 178 valence electrons. The number of hydrogen-bond acceptors (Lipinski definition) is 5. The van der Waals surface area contributed by atoms with Crippen molar-refractivity contribution in [2.24, 2.45) is 7.05 Å². The predicted octanol–water partition coefficient (Wildman–Crippen LogP) is 3.21. The Bertz CT molecular complexity index is 1520. The normalized spacial score (nSPS) is 20.5. The van der Waals surface area contributed by atoms with Gasteiger partial charge in [0.05, 0.1) is 35.7 Å². The monoisotopic (exact) mass is 469 g/mol. The Morgan fingerprint density at radius 2 is 2.14 bits per heavy atom. The molecule has 1 fully saturated rings. The second-order valence-corrected chi connectivity index (χ2v) is 9.52. The second-order valence-electron chi connectivity index (χ2n) is 9.52. The van der Waals surface area contributed by atoms with Crippen LogP contribution in [0.3, 0.4) is 0 Å². The van der Waals surface area contributed by atoms with Gasteiger partial charge in [0.15, 0.2) is 5.82 Å². The highest BCUT2D eigenvalue weighted by molar-refractivity contribution is 5.98. The van der Waals surface area contributed by atoms with Crippen LogP contribution in [0.4, 0.5) is 0 Å². The molecular formula is C26H27N7O2. The van der Waals surface area contributed by atoms with Crippen LogP contribution in [0.2, 0.25) is 0 Å². The van der Waals surface area contributed by atoms with Crippen LogP contribution in [0.5, 0.6) is 0 Å². The van der Waals surface area contributed by atoms with Crippen molar-refractivity contribution in [3.8, 4) is 5.82 Å². The van der Waals surface area contributed by atoms with Gasteiger partial charge in [-0.2, -0.15) is 10.2 Å². The van der Waals surface area contributed by atoms with E-state index in [0.29, 0.717) is 24.9 Å². The molecule has 2 N–H and O–H groups in total. The number of aromatic nitrogens is 6. The molecular weight excluding hydrogens is 442 g/mol. The number of aryl methyl sites for hydroxylation is 1. The fraction of sp³-hybridized carbons (Fsp3) is 0.308. The van der Waals surface area contributed by atoms with E-state index in [2.05, 4.69) is 20.5 Å². The van der Waals surface area contributed by atoms with Crippen molar-refractivity contribution >= 4 is 27.7 Å². The maximum atomic E-state index is 13.1. The number of amides is 1. The minimum absolute atomic E-state index is 0.0796. The largest absolute Gasteiger partial charge is 0.388 e. The zero-order valence-electron chi connectivity index (χ0n) is 19.5. The quantitative estimate of drug-likeness (QED) is 0.412. The van der Waals surface area contributed by atoms with Gasteiger partial charge in [0.25, 0.3) is 5.91 Å². The summed E-state index contributed by atoms with van der Waals surface area (Å²) in [6.07, 6.45) is 10.00. The summed E-state index contributed by atoms with van der Waals surface area (Å²) in [4.78, 5) is 17.2. The molecule has 1 amide bonds. The van der Waals surface area contributed by atoms with Gasteiger partial charge >= 0.3 is 0 Å². The fourth-order valence-corrected chi connectivity index (χ4v) is 5.32. The van der Waals surface area contributed by atoms with Crippen LogP contribution in [0.15, 0.2) is 67.4 Å². The number of nitrogens with zero attached hydrogens (tertiary/aromatic N) is 6. The summed E-state index contributed by atoms with van der Waals surface area (Å²) in [6.45, 7) is 0.479. The molecule has 1 saturated carbocycles. The Kier molecular flexibility index (Phi) is 5.14. The molecule has 6 rings (SSSR count). The van der Waals surface area contributed by atoms with E-state index in [9.17, 15) is 9.90 Å². The molecule has 1 aliphatic rings. The number of nitrogens with one attached hydrogen (secondary N) is 1. The highest BCUT2D eigenvalue weighted by atomic mass is 16.3. The van der Waals surface area contributed by atoms with Crippen molar-refractivity contribution in [2.45, 2.75) is 43.9 Å². The van der Waals surface area contributed by atoms with Gasteiger partial charge in [0.1, 0.15) is 0 Å². The predicted molar refractivity (Wildman–Crippen MR) is 132 cm³/mol. The van der Waals surface area contributed by atoms with E-state index in [1.165, 1.54) is 0 Å². The van der Waals surface area contributed by atoms with Crippen molar-refractivity contribution in [3.05, 3.63) is 72.9 Å². The van der Waals surface area contributed by atoms with Crippen molar-refractivity contribution in [1.29, 1.82) is 0 Å². The zero-order valence-corrected chi connectivity index (χ0v) is 19.5. The molecule has 0 radical (unpaired) electrons. The Morgan fingerprint density at radius 1 is 1.26 bits per heavy atom. The average molecular weight is 470 g/mol. The van der Waals surface area contributed by atoms with Gasteiger partial charge in [-0.05, 0) is 56.0 Å². The fourth-order valence-electron chi connectivity index (χ4n) is 5.32. The maximum absolute atomic E-state index is 13.1. The molecule has 1 aliphatic carbocycles. The minimum atomic E-state index is -0.853. The average Bonchev–Trinajstić information content (AvgIpc) is 3.56. The van der Waals surface area contributed by atoms with Crippen LogP contribution in [-0.4, -0.2) is 51.8 Å². The van der Waals surface area contributed by atoms with Gasteiger partial charge in [-0.25, -0.2) is 14.3 Å². The number of fused-ring (bicyclic) bond motifs is 2. The summed E-state index contributed by atoms with van der Waals surface area (Å²) in [7, 11) is 1.91. The first kappa shape index (κ1) is 21.5. The van der Waals surface area contributed by atoms with Gasteiger partial charge in [0, 0.05) is 41.8 Å². The van der Waals surface area contributed by atoms with Crippen LogP contribution in [0, 0.1) is 0 Å². The lowest BCUT2D eigenvalue weighted by molar-refractivity contribution is -0.0211. The van der Waals surface area contributed by atoms with E-state index in [1.807, 2.05) is 69.6 Å². The molecule has 0 aliphatic heterocycles. The third-order valence-corrected chi connectivity index (χ3v) is 6.93. The minimum Gasteiger partial charge on any atom is -0.388 e. The molecule has 9 nitrogen and oxygen atoms in total. The van der Waals surface area contributed by atoms with Crippen LogP contribution < -0.4 is 5.32 Å². The van der Waals surface area contributed by atoms with Crippen LogP contribution in [0.25, 0.3) is 27.6 Å². The highest BCUT2D eigenvalue weighted by Gasteiger charge is 2.35. The first-order valence-electron chi connectivity index (χ1n) is 11.9. The summed E-state index contributed by atoms with van der Waals surface area (Å²) in [5, 5.41) is 25.3. The lowest BCUT2D eigenvalue weighted by Crippen LogP contribution is -2.47. The van der Waals surface area contributed by atoms with Crippen molar-refractivity contribution < 1.29 is 9.90 Å². The van der Waals surface area contributed by atoms with E-state index < -0.39 is 5.60 Å². The number of benzene rings is 2. The van der Waals surface area contributed by atoms with Crippen LogP contribution in [0.1, 0.15) is 36.0 Å². The Balaban J connectivity index is 1.22. The molecule has 0 spiro atoms. The maximum Gasteiger partial charge on any atom is 0.251 e. The lowest BCUT2D eigenvalue weighted by Gasteiger charge is -2.37. The van der Waals surface area contributed by atoms with Crippen LogP contribution >= 0.6 is 0 Å². The smallest absolute Gasteiger partial charge is 0.251 e. The molecule has 3 aromatic heterocycles. The summed E-state index contributed by atoms with van der Waals surface area (Å²) >= 11 is 0. The van der Waals surface area contributed by atoms with E-state index in [1.54, 1.807) is 18.7 Å². The van der Waals surface area contributed by atoms with Gasteiger partial charge < -0.3 is 15.0 Å². The number of hydrogen-bond donors (Lipinski definition) is 2. The molecule has 0 bridgehead atoms. The van der Waals surface area contributed by atoms with Gasteiger partial charge in [-0.15, -0.1) is 0 Å². The van der Waals surface area contributed by atoms with Crippen molar-refractivity contribution in [3.63, 3.8) is 0 Å². The van der Waals surface area contributed by atoms with E-state index >= 15 is 0 Å². The van der Waals surface area contributed by atoms with Crippen LogP contribution in [-0.2, 0) is 13.6 Å². The highest BCUT2D eigenvalue weighted by Crippen LogP contribution is 2.30. The molecule has 5 aromatic rings. The first-order chi connectivity index (χ1) is 17.0. The van der Waals surface area contributed by atoms with Gasteiger partial charge in [-0.3, -0.25) is 4.79 Å². The summed E-state index contributed by atoms with van der Waals surface area (Å²) in [6, 6.07) is 13.5. The number of aliphatic hydroxyl groups is 1. The van der Waals surface area contributed by atoms with Crippen molar-refractivity contribution in [1.82, 2.24) is 34.4 Å². The standard InChI is InChI=1S/C26H27N7O2/c1-31-25(21-6-2-3-7-22(21)30-31)33-23-9-8-18(13-19(23)15-28-33)24(34)29-20-5-4-10-26(35,14-20)16-32-12-11-27-17-32/h2-3,6-9,11-13,15,17,20,35H,4-5,10,14,16H2,1H3,(H,29,34)/t20-,26-/m1/s1. The zero-order chi connectivity index (χ0) is 24.0. The summed E-state index contributed by atoms with van der Waals surface area (Å²) in [5.41, 5.74) is 1.54. The van der Waals surface area contributed by atoms with Gasteiger partial charge in [0.2, 0.25) is 0 Å². The summed E-state index contributed by atoms with van der Waals surface area (Å²) in [5.74, 6) is 0.745. The Labute approximate surface area is 202 Å². The molecule has 9 heteroatoms. The van der Waals surface area contributed by atoms with E-state index in [4.69, 9.17) is 0 Å². The molecule has 2 aromatic carbocycles. The molecule has 35 heavy (non-hydrogen) atoms. The third-order valence-electron chi connectivity index (χ3n) is 6.93. The molecule has 2 atom stereocenters. The van der Waals surface area contributed by atoms with Crippen molar-refractivity contribution in [2.75, 3.05) is 0 Å². The number of carbonyl (C=O) groups excluding carboxylic acids is 1. The van der Waals surface area contributed by atoms with E-state index in [-0.39, 0.29) is 11.9 Å².